The van der Waals surface area contributed by atoms with Crippen molar-refractivity contribution < 1.29 is 43.2 Å². The van der Waals surface area contributed by atoms with E-state index in [-0.39, 0.29) is 28.7 Å². The number of imidazole rings is 1. The number of hydrogen-bond donors (Lipinski definition) is 5. The molecule has 1 fully saturated rings. The number of benzene rings is 3. The number of aromatic nitrogens is 4. The lowest BCUT2D eigenvalue weighted by molar-refractivity contribution is -0.147. The van der Waals surface area contributed by atoms with E-state index >= 15 is 4.57 Å². The van der Waals surface area contributed by atoms with Crippen LogP contribution in [0.3, 0.4) is 0 Å². The quantitative estimate of drug-likeness (QED) is 0.105. The SMILES string of the molecule is COc1nc(N)nc2c1ncn2C1O[C@H](COP(=O)(NC(C(=O)O)(C(C)C)[C@@H](C)c2ccccc2)Oc2cccc3ccccc23)[C@@H](O)[C@@]1(C)O. The van der Waals surface area contributed by atoms with Crippen LogP contribution in [-0.2, 0) is 18.6 Å². The van der Waals surface area contributed by atoms with E-state index in [0.29, 0.717) is 10.9 Å². The number of nitrogens with one attached hydrogen (secondary N) is 1. The fourth-order valence-electron chi connectivity index (χ4n) is 6.69. The number of carboxylic acid groups (broad SMARTS) is 1. The van der Waals surface area contributed by atoms with Gasteiger partial charge in [0.15, 0.2) is 17.4 Å². The summed E-state index contributed by atoms with van der Waals surface area (Å²) >= 11 is 0. The number of aliphatic hydroxyl groups excluding tert-OH is 1. The Morgan fingerprint density at radius 1 is 1.10 bits per heavy atom. The molecule has 3 aromatic carbocycles. The first-order valence-corrected chi connectivity index (χ1v) is 17.9. The van der Waals surface area contributed by atoms with Gasteiger partial charge in [0.2, 0.25) is 11.8 Å². The van der Waals surface area contributed by atoms with Crippen LogP contribution in [0.2, 0.25) is 0 Å². The second-order valence-electron chi connectivity index (χ2n) is 13.0. The number of nitrogen functional groups attached to an aromatic ring is 1. The first kappa shape index (κ1) is 36.2. The summed E-state index contributed by atoms with van der Waals surface area (Å²) in [4.78, 5) is 25.9. The summed E-state index contributed by atoms with van der Waals surface area (Å²) in [6.45, 7) is 5.90. The highest BCUT2D eigenvalue weighted by Crippen LogP contribution is 2.52. The standard InChI is InChI=1S/C35H41N6O9P/c1-20(2)35(32(43)44,21(3)22-12-7-6-8-13-22)40-51(46,50-25-17-11-15-23-14-9-10-16-24(23)25)48-18-26-28(42)34(4,45)31(49-26)41-19-37-27-29(41)38-33(36)39-30(27)47-5/h6-17,19-21,26,28,31,42,45H,18H2,1-5H3,(H,40,46)(H,43,44)(H2,36,38,39)/t21-,26+,28+,31?,34+,35?,51?/m0/s1. The van der Waals surface area contributed by atoms with Crippen LogP contribution in [0.5, 0.6) is 11.6 Å². The number of rotatable bonds is 13. The van der Waals surface area contributed by atoms with Gasteiger partial charge < -0.3 is 35.1 Å². The van der Waals surface area contributed by atoms with E-state index in [1.165, 1.54) is 24.9 Å². The molecule has 270 valence electrons. The van der Waals surface area contributed by atoms with Crippen LogP contribution in [0.4, 0.5) is 5.95 Å². The van der Waals surface area contributed by atoms with Gasteiger partial charge in [0.1, 0.15) is 29.1 Å². The fourth-order valence-corrected chi connectivity index (χ4v) is 8.62. The Balaban J connectivity index is 1.37. The summed E-state index contributed by atoms with van der Waals surface area (Å²) in [5, 5.41) is 38.0. The Bertz CT molecular complexity index is 2090. The first-order valence-electron chi connectivity index (χ1n) is 16.3. The molecule has 16 heteroatoms. The molecule has 6 N–H and O–H groups in total. The fraction of sp³-hybridized carbons (Fsp3) is 0.371. The molecule has 0 radical (unpaired) electrons. The zero-order valence-electron chi connectivity index (χ0n) is 28.7. The third-order valence-corrected chi connectivity index (χ3v) is 11.1. The van der Waals surface area contributed by atoms with Gasteiger partial charge in [0.05, 0.1) is 20.0 Å². The highest BCUT2D eigenvalue weighted by molar-refractivity contribution is 7.52. The van der Waals surface area contributed by atoms with Crippen LogP contribution >= 0.6 is 7.75 Å². The van der Waals surface area contributed by atoms with Gasteiger partial charge in [-0.3, -0.25) is 13.9 Å². The molecule has 3 unspecified atom stereocenters. The summed E-state index contributed by atoms with van der Waals surface area (Å²) in [7, 11) is -3.29. The summed E-state index contributed by atoms with van der Waals surface area (Å²) in [5.74, 6) is -2.49. The Hall–Kier alpha value is -4.63. The van der Waals surface area contributed by atoms with Crippen molar-refractivity contribution in [3.63, 3.8) is 0 Å². The molecule has 0 saturated carbocycles. The average Bonchev–Trinajstić information content (AvgIpc) is 3.62. The van der Waals surface area contributed by atoms with Crippen LogP contribution in [0.15, 0.2) is 79.1 Å². The van der Waals surface area contributed by atoms with Crippen LogP contribution in [-0.4, -0.2) is 77.9 Å². The number of anilines is 1. The Kier molecular flexibility index (Phi) is 9.81. The van der Waals surface area contributed by atoms with Gasteiger partial charge in [-0.25, -0.2) is 9.55 Å². The molecule has 3 heterocycles. The smallest absolute Gasteiger partial charge is 0.459 e. The molecule has 1 saturated heterocycles. The van der Waals surface area contributed by atoms with Gasteiger partial charge in [-0.15, -0.1) is 0 Å². The number of hydrogen-bond acceptors (Lipinski definition) is 12. The van der Waals surface area contributed by atoms with Crippen LogP contribution in [0.25, 0.3) is 21.9 Å². The number of nitrogens with zero attached hydrogens (tertiary/aromatic N) is 4. The highest BCUT2D eigenvalue weighted by atomic mass is 31.2. The molecular formula is C35H41N6O9P. The van der Waals surface area contributed by atoms with Crippen LogP contribution in [0.1, 0.15) is 45.4 Å². The number of carbonyl (C=O) groups is 1. The van der Waals surface area contributed by atoms with Crippen molar-refractivity contribution in [3.05, 3.63) is 84.7 Å². The van der Waals surface area contributed by atoms with E-state index < -0.39 is 61.7 Å². The number of fused-ring (bicyclic) bond motifs is 2. The molecule has 15 nitrogen and oxygen atoms in total. The average molecular weight is 721 g/mol. The molecule has 7 atom stereocenters. The van der Waals surface area contributed by atoms with Crippen molar-refractivity contribution in [2.45, 2.75) is 63.2 Å². The van der Waals surface area contributed by atoms with Gasteiger partial charge in [-0.05, 0) is 29.9 Å². The van der Waals surface area contributed by atoms with Gasteiger partial charge in [-0.2, -0.15) is 15.1 Å². The number of aliphatic carboxylic acids is 1. The molecule has 2 aromatic heterocycles. The van der Waals surface area contributed by atoms with Crippen molar-refractivity contribution in [2.24, 2.45) is 5.92 Å². The first-order chi connectivity index (χ1) is 24.2. The molecule has 0 bridgehead atoms. The molecule has 51 heavy (non-hydrogen) atoms. The normalized spacial score (nSPS) is 23.6. The van der Waals surface area contributed by atoms with Crippen molar-refractivity contribution >= 4 is 41.6 Å². The van der Waals surface area contributed by atoms with Crippen LogP contribution < -0.4 is 20.1 Å². The Morgan fingerprint density at radius 2 is 1.78 bits per heavy atom. The van der Waals surface area contributed by atoms with E-state index in [0.717, 1.165) is 5.39 Å². The monoisotopic (exact) mass is 720 g/mol. The minimum absolute atomic E-state index is 0.101. The maximum absolute atomic E-state index is 15.1. The van der Waals surface area contributed by atoms with Gasteiger partial charge in [-0.1, -0.05) is 87.5 Å². The zero-order chi connectivity index (χ0) is 36.7. The number of aliphatic hydroxyl groups is 2. The highest BCUT2D eigenvalue weighted by Gasteiger charge is 2.56. The molecule has 6 rings (SSSR count). The summed E-state index contributed by atoms with van der Waals surface area (Å²) < 4.78 is 40.2. The van der Waals surface area contributed by atoms with Crippen molar-refractivity contribution in [1.29, 1.82) is 0 Å². The third kappa shape index (κ3) is 6.52. The minimum atomic E-state index is -4.68. The lowest BCUT2D eigenvalue weighted by Crippen LogP contribution is -2.58. The molecule has 5 aromatic rings. The molecule has 0 aliphatic carbocycles. The molecule has 1 aliphatic heterocycles. The minimum Gasteiger partial charge on any atom is -0.480 e. The number of methoxy groups -OCH3 is 1. The van der Waals surface area contributed by atoms with Gasteiger partial charge in [0, 0.05) is 11.3 Å². The molecule has 1 aliphatic rings. The number of ether oxygens (including phenoxy) is 2. The largest absolute Gasteiger partial charge is 0.480 e. The number of carboxylic acids is 1. The van der Waals surface area contributed by atoms with Gasteiger partial charge in [0.25, 0.3) is 0 Å². The molecular weight excluding hydrogens is 679 g/mol. The summed E-state index contributed by atoms with van der Waals surface area (Å²) in [5.41, 5.74) is 3.15. The number of nitrogens with two attached hydrogens (primary N) is 1. The molecule has 0 amide bonds. The van der Waals surface area contributed by atoms with E-state index in [1.807, 2.05) is 24.3 Å². The zero-order valence-corrected chi connectivity index (χ0v) is 29.6. The van der Waals surface area contributed by atoms with E-state index in [9.17, 15) is 20.1 Å². The predicted molar refractivity (Wildman–Crippen MR) is 188 cm³/mol. The summed E-state index contributed by atoms with van der Waals surface area (Å²) in [6.07, 6.45) is -2.83. The van der Waals surface area contributed by atoms with E-state index in [1.54, 1.807) is 69.3 Å². The lowest BCUT2D eigenvalue weighted by atomic mass is 9.74. The van der Waals surface area contributed by atoms with Crippen molar-refractivity contribution in [2.75, 3.05) is 19.5 Å². The van der Waals surface area contributed by atoms with Crippen LogP contribution in [0, 0.1) is 5.92 Å². The second-order valence-corrected chi connectivity index (χ2v) is 14.7. The maximum Gasteiger partial charge on any atom is 0.459 e. The van der Waals surface area contributed by atoms with Gasteiger partial charge >= 0.3 is 13.7 Å². The Labute approximate surface area is 293 Å². The van der Waals surface area contributed by atoms with Crippen molar-refractivity contribution in [3.8, 4) is 11.6 Å². The summed E-state index contributed by atoms with van der Waals surface area (Å²) in [6, 6.07) is 21.4. The Morgan fingerprint density at radius 3 is 2.47 bits per heavy atom. The lowest BCUT2D eigenvalue weighted by Gasteiger charge is -2.41. The maximum atomic E-state index is 15.1. The molecule has 0 spiro atoms. The van der Waals surface area contributed by atoms with Crippen molar-refractivity contribution in [1.82, 2.24) is 24.6 Å². The predicted octanol–water partition coefficient (Wildman–Crippen LogP) is 4.66. The topological polar surface area (TPSA) is 213 Å². The van der Waals surface area contributed by atoms with E-state index in [4.69, 9.17) is 24.3 Å². The second kappa shape index (κ2) is 13.8. The van der Waals surface area contributed by atoms with E-state index in [2.05, 4.69) is 20.0 Å². The third-order valence-electron chi connectivity index (χ3n) is 9.55.